The normalized spacial score (nSPS) is 16.8. The highest BCUT2D eigenvalue weighted by Crippen LogP contribution is 2.43. The van der Waals surface area contributed by atoms with E-state index in [0.717, 1.165) is 12.5 Å². The summed E-state index contributed by atoms with van der Waals surface area (Å²) in [6.07, 6.45) is -1.73. The molecule has 7 nitrogen and oxygen atoms in total. The third kappa shape index (κ3) is 4.95. The smallest absolute Gasteiger partial charge is 0.367 e. The number of anilines is 2. The number of halogens is 4. The summed E-state index contributed by atoms with van der Waals surface area (Å²) in [6, 6.07) is 1.09. The van der Waals surface area contributed by atoms with Crippen molar-refractivity contribution in [3.05, 3.63) is 23.8 Å². The highest BCUT2D eigenvalue weighted by Gasteiger charge is 2.38. The van der Waals surface area contributed by atoms with Gasteiger partial charge in [-0.25, -0.2) is 27.1 Å². The van der Waals surface area contributed by atoms with Gasteiger partial charge in [0.15, 0.2) is 10.8 Å². The molecule has 0 amide bonds. The molecule has 1 fully saturated rings. The van der Waals surface area contributed by atoms with Crippen LogP contribution in [0.1, 0.15) is 18.5 Å². The molecule has 1 aliphatic rings. The van der Waals surface area contributed by atoms with Crippen LogP contribution in [0.25, 0.3) is 10.4 Å². The van der Waals surface area contributed by atoms with Crippen molar-refractivity contribution in [3.8, 4) is 10.4 Å². The van der Waals surface area contributed by atoms with Crippen LogP contribution in [0.4, 0.5) is 28.5 Å². The molecule has 2 N–H and O–H groups in total. The number of hydrogen-bond acceptors (Lipinski definition) is 7. The van der Waals surface area contributed by atoms with Gasteiger partial charge in [0.1, 0.15) is 11.6 Å². The molecule has 2 aromatic rings. The van der Waals surface area contributed by atoms with Crippen LogP contribution in [-0.2, 0) is 16.2 Å². The summed E-state index contributed by atoms with van der Waals surface area (Å²) < 4.78 is 78.8. The molecule has 160 valence electrons. The van der Waals surface area contributed by atoms with Crippen molar-refractivity contribution in [2.24, 2.45) is 0 Å². The van der Waals surface area contributed by atoms with Gasteiger partial charge in [0.2, 0.25) is 10.0 Å². The average molecular weight is 453 g/mol. The fraction of sp³-hybridized carbons (Fsp3) is 0.500. The summed E-state index contributed by atoms with van der Waals surface area (Å²) in [6.45, 7) is 0.645. The first-order valence-corrected chi connectivity index (χ1v) is 11.3. The van der Waals surface area contributed by atoms with Gasteiger partial charge in [0.05, 0.1) is 17.3 Å². The summed E-state index contributed by atoms with van der Waals surface area (Å²) in [5, 5.41) is 5.62. The van der Waals surface area contributed by atoms with Crippen molar-refractivity contribution in [2.45, 2.75) is 25.1 Å². The number of aromatic nitrogens is 2. The predicted molar refractivity (Wildman–Crippen MR) is 103 cm³/mol. The molecule has 0 aromatic carbocycles. The van der Waals surface area contributed by atoms with E-state index in [9.17, 15) is 26.0 Å². The Morgan fingerprint density at radius 3 is 2.48 bits per heavy atom. The number of alkyl halides is 3. The molecule has 29 heavy (non-hydrogen) atoms. The molecule has 1 aliphatic heterocycles. The van der Waals surface area contributed by atoms with Gasteiger partial charge in [-0.05, 0) is 18.9 Å². The van der Waals surface area contributed by atoms with Crippen LogP contribution in [-0.4, -0.2) is 55.1 Å². The first-order valence-electron chi connectivity index (χ1n) is 8.62. The number of thiazole rings is 1. The number of piperidine rings is 1. The van der Waals surface area contributed by atoms with Crippen molar-refractivity contribution in [2.75, 3.05) is 37.0 Å². The molecule has 0 bridgehead atoms. The Kier molecular flexibility index (Phi) is 6.01. The van der Waals surface area contributed by atoms with Gasteiger partial charge in [-0.3, -0.25) is 0 Å². The van der Waals surface area contributed by atoms with Gasteiger partial charge >= 0.3 is 6.18 Å². The largest absolute Gasteiger partial charge is 0.434 e. The van der Waals surface area contributed by atoms with Gasteiger partial charge in [-0.1, -0.05) is 11.3 Å². The second-order valence-electron chi connectivity index (χ2n) is 6.57. The van der Waals surface area contributed by atoms with E-state index >= 15 is 0 Å². The standard InChI is InChI=1S/C16H19F4N5O2S2/c1-21-15-24-14(16(18,19)20)13(28-15)10-7-12(22-8-11(10)17)23-9-3-5-25(6-4-9)29(2,26)27/h7-9H,3-6H2,1-2H3,(H,21,24)(H,22,23). The topological polar surface area (TPSA) is 87.2 Å². The SMILES string of the molecule is CNc1nc(C(F)(F)F)c(-c2cc(NC3CCN(S(C)(=O)=O)CC3)ncc2F)s1. The summed E-state index contributed by atoms with van der Waals surface area (Å²) >= 11 is 0.700. The molecule has 0 unspecified atom stereocenters. The second kappa shape index (κ2) is 8.03. The highest BCUT2D eigenvalue weighted by molar-refractivity contribution is 7.88. The lowest BCUT2D eigenvalue weighted by Crippen LogP contribution is -2.41. The Morgan fingerprint density at radius 2 is 1.93 bits per heavy atom. The van der Waals surface area contributed by atoms with Crippen LogP contribution in [0.5, 0.6) is 0 Å². The van der Waals surface area contributed by atoms with E-state index in [4.69, 9.17) is 0 Å². The molecule has 2 aromatic heterocycles. The number of sulfonamides is 1. The minimum Gasteiger partial charge on any atom is -0.367 e. The van der Waals surface area contributed by atoms with E-state index in [0.29, 0.717) is 37.3 Å². The maximum absolute atomic E-state index is 14.3. The monoisotopic (exact) mass is 453 g/mol. The van der Waals surface area contributed by atoms with Crippen molar-refractivity contribution >= 4 is 32.3 Å². The van der Waals surface area contributed by atoms with E-state index in [1.165, 1.54) is 17.4 Å². The number of hydrogen-bond donors (Lipinski definition) is 2. The van der Waals surface area contributed by atoms with Crippen LogP contribution in [0.3, 0.4) is 0 Å². The quantitative estimate of drug-likeness (QED) is 0.676. The zero-order valence-corrected chi connectivity index (χ0v) is 17.2. The van der Waals surface area contributed by atoms with Gasteiger partial charge in [0.25, 0.3) is 0 Å². The van der Waals surface area contributed by atoms with Gasteiger partial charge in [-0.15, -0.1) is 0 Å². The van der Waals surface area contributed by atoms with Crippen LogP contribution >= 0.6 is 11.3 Å². The van der Waals surface area contributed by atoms with Gasteiger partial charge in [-0.2, -0.15) is 13.2 Å². The lowest BCUT2D eigenvalue weighted by molar-refractivity contribution is -0.140. The van der Waals surface area contributed by atoms with Gasteiger partial charge in [0, 0.05) is 31.7 Å². The molecule has 13 heteroatoms. The van der Waals surface area contributed by atoms with Crippen LogP contribution in [0, 0.1) is 5.82 Å². The van der Waals surface area contributed by atoms with Crippen molar-refractivity contribution in [1.82, 2.24) is 14.3 Å². The maximum atomic E-state index is 14.3. The third-order valence-corrected chi connectivity index (χ3v) is 6.89. The average Bonchev–Trinajstić information content (AvgIpc) is 3.08. The van der Waals surface area contributed by atoms with E-state index in [1.807, 2.05) is 0 Å². The van der Waals surface area contributed by atoms with E-state index < -0.39 is 27.7 Å². The first kappa shape index (κ1) is 21.7. The maximum Gasteiger partial charge on any atom is 0.434 e. The van der Waals surface area contributed by atoms with Crippen molar-refractivity contribution in [1.29, 1.82) is 0 Å². The summed E-state index contributed by atoms with van der Waals surface area (Å²) in [4.78, 5) is 7.08. The Hall–Kier alpha value is -1.99. The van der Waals surface area contributed by atoms with E-state index in [-0.39, 0.29) is 27.4 Å². The minimum atomic E-state index is -4.73. The minimum absolute atomic E-state index is 0.0196. The molecule has 1 saturated heterocycles. The predicted octanol–water partition coefficient (Wildman–Crippen LogP) is 3.24. The molecular formula is C16H19F4N5O2S2. The van der Waals surface area contributed by atoms with Gasteiger partial charge < -0.3 is 10.6 Å². The molecule has 3 heterocycles. The first-order chi connectivity index (χ1) is 13.5. The number of pyridine rings is 1. The Morgan fingerprint density at radius 1 is 1.28 bits per heavy atom. The summed E-state index contributed by atoms with van der Waals surface area (Å²) in [5.41, 5.74) is -1.41. The van der Waals surface area contributed by atoms with Crippen molar-refractivity contribution in [3.63, 3.8) is 0 Å². The molecule has 0 aliphatic carbocycles. The Balaban J connectivity index is 1.84. The zero-order chi connectivity index (χ0) is 21.4. The van der Waals surface area contributed by atoms with E-state index in [2.05, 4.69) is 20.6 Å². The van der Waals surface area contributed by atoms with Crippen LogP contribution in [0.15, 0.2) is 12.3 Å². The molecule has 0 spiro atoms. The van der Waals surface area contributed by atoms with Crippen LogP contribution < -0.4 is 10.6 Å². The third-order valence-electron chi connectivity index (χ3n) is 4.48. The lowest BCUT2D eigenvalue weighted by atomic mass is 10.1. The van der Waals surface area contributed by atoms with Crippen molar-refractivity contribution < 1.29 is 26.0 Å². The number of rotatable bonds is 5. The fourth-order valence-electron chi connectivity index (χ4n) is 3.03. The number of nitrogens with zero attached hydrogens (tertiary/aromatic N) is 3. The molecule has 0 saturated carbocycles. The Bertz CT molecular complexity index is 986. The zero-order valence-electron chi connectivity index (χ0n) is 15.5. The second-order valence-corrected chi connectivity index (χ2v) is 9.56. The molecule has 0 radical (unpaired) electrons. The summed E-state index contributed by atoms with van der Waals surface area (Å²) in [7, 11) is -1.84. The molecule has 0 atom stereocenters. The molecular weight excluding hydrogens is 434 g/mol. The fourth-order valence-corrected chi connectivity index (χ4v) is 4.87. The lowest BCUT2D eigenvalue weighted by Gasteiger charge is -2.31. The highest BCUT2D eigenvalue weighted by atomic mass is 32.2. The summed E-state index contributed by atoms with van der Waals surface area (Å²) in [5.74, 6) is -0.675. The van der Waals surface area contributed by atoms with Crippen LogP contribution in [0.2, 0.25) is 0 Å². The Labute approximate surface area is 169 Å². The van der Waals surface area contributed by atoms with E-state index in [1.54, 1.807) is 0 Å². The molecule has 3 rings (SSSR count). The number of nitrogens with one attached hydrogen (secondary N) is 2.